The third kappa shape index (κ3) is 3.79. The Morgan fingerprint density at radius 1 is 1.08 bits per heavy atom. The number of ketones is 2. The first-order valence-electron chi connectivity index (χ1n) is 7.85. The van der Waals surface area contributed by atoms with E-state index in [0.29, 0.717) is 28.1 Å². The number of H-pyrrole nitrogens is 1. The van der Waals surface area contributed by atoms with Gasteiger partial charge in [0.1, 0.15) is 5.75 Å². The number of benzene rings is 1. The Morgan fingerprint density at radius 3 is 2.16 bits per heavy atom. The van der Waals surface area contributed by atoms with Crippen LogP contribution in [0.25, 0.3) is 0 Å². The molecule has 1 aromatic carbocycles. The number of rotatable bonds is 6. The van der Waals surface area contributed by atoms with Crippen molar-refractivity contribution in [2.45, 2.75) is 33.8 Å². The monoisotopic (exact) mass is 343 g/mol. The van der Waals surface area contributed by atoms with Gasteiger partial charge in [-0.1, -0.05) is 0 Å². The molecule has 1 atom stereocenters. The van der Waals surface area contributed by atoms with E-state index in [2.05, 4.69) is 4.98 Å². The summed E-state index contributed by atoms with van der Waals surface area (Å²) in [6, 6.07) is 6.41. The van der Waals surface area contributed by atoms with Crippen molar-refractivity contribution in [3.05, 3.63) is 52.3 Å². The predicted molar refractivity (Wildman–Crippen MR) is 92.5 cm³/mol. The average Bonchev–Trinajstić information content (AvgIpc) is 2.88. The zero-order valence-electron chi connectivity index (χ0n) is 14.9. The molecule has 2 aromatic rings. The van der Waals surface area contributed by atoms with Crippen molar-refractivity contribution in [3.8, 4) is 5.75 Å². The van der Waals surface area contributed by atoms with Gasteiger partial charge in [-0.15, -0.1) is 0 Å². The van der Waals surface area contributed by atoms with Gasteiger partial charge in [0.2, 0.25) is 5.78 Å². The summed E-state index contributed by atoms with van der Waals surface area (Å²) in [6.45, 7) is 6.39. The zero-order valence-corrected chi connectivity index (χ0v) is 14.9. The number of carbonyl (C=O) groups is 3. The molecule has 25 heavy (non-hydrogen) atoms. The molecule has 1 heterocycles. The minimum absolute atomic E-state index is 0.117. The lowest BCUT2D eigenvalue weighted by atomic mass is 10.0. The van der Waals surface area contributed by atoms with Gasteiger partial charge in [0.25, 0.3) is 0 Å². The van der Waals surface area contributed by atoms with Crippen molar-refractivity contribution in [2.24, 2.45) is 0 Å². The van der Waals surface area contributed by atoms with Crippen LogP contribution in [0.4, 0.5) is 0 Å². The van der Waals surface area contributed by atoms with E-state index in [4.69, 9.17) is 9.47 Å². The molecule has 0 fully saturated rings. The topological polar surface area (TPSA) is 85.5 Å². The van der Waals surface area contributed by atoms with Crippen LogP contribution in [0, 0.1) is 13.8 Å². The van der Waals surface area contributed by atoms with Gasteiger partial charge in [-0.05, 0) is 57.5 Å². The molecule has 0 aliphatic rings. The fourth-order valence-corrected chi connectivity index (χ4v) is 2.74. The minimum Gasteiger partial charge on any atom is -0.497 e. The number of Topliss-reactive ketones (excluding diaryl/α,β-unsaturated/α-hetero) is 2. The Kier molecular flexibility index (Phi) is 5.41. The lowest BCUT2D eigenvalue weighted by Gasteiger charge is -2.12. The lowest BCUT2D eigenvalue weighted by molar-refractivity contribution is 0.0317. The average molecular weight is 343 g/mol. The Balaban J connectivity index is 2.16. The van der Waals surface area contributed by atoms with Crippen LogP contribution < -0.4 is 4.74 Å². The van der Waals surface area contributed by atoms with Gasteiger partial charge >= 0.3 is 5.97 Å². The third-order valence-electron chi connectivity index (χ3n) is 4.01. The van der Waals surface area contributed by atoms with Crippen molar-refractivity contribution in [3.63, 3.8) is 0 Å². The highest BCUT2D eigenvalue weighted by molar-refractivity contribution is 6.05. The Morgan fingerprint density at radius 2 is 1.68 bits per heavy atom. The third-order valence-corrected chi connectivity index (χ3v) is 4.01. The van der Waals surface area contributed by atoms with Crippen LogP contribution in [0.5, 0.6) is 5.75 Å². The molecule has 0 bridgehead atoms. The van der Waals surface area contributed by atoms with E-state index in [1.54, 1.807) is 38.1 Å². The largest absolute Gasteiger partial charge is 0.497 e. The highest BCUT2D eigenvalue weighted by Crippen LogP contribution is 2.21. The summed E-state index contributed by atoms with van der Waals surface area (Å²) in [5.41, 5.74) is 2.31. The highest BCUT2D eigenvalue weighted by atomic mass is 16.5. The lowest BCUT2D eigenvalue weighted by Crippen LogP contribution is -2.25. The molecule has 0 aliphatic heterocycles. The molecule has 0 spiro atoms. The summed E-state index contributed by atoms with van der Waals surface area (Å²) in [7, 11) is 1.53. The number of nitrogens with one attached hydrogen (secondary N) is 1. The van der Waals surface area contributed by atoms with Crippen LogP contribution >= 0.6 is 0 Å². The van der Waals surface area contributed by atoms with Gasteiger partial charge in [-0.25, -0.2) is 4.79 Å². The maximum atomic E-state index is 12.6. The van der Waals surface area contributed by atoms with E-state index in [1.807, 2.05) is 0 Å². The molecule has 0 saturated heterocycles. The molecule has 6 heteroatoms. The SMILES string of the molecule is COc1ccc(C(=O)O[C@@H](C)C(=O)c2[nH]c(C)c(C(C)=O)c2C)cc1. The molecule has 0 saturated carbocycles. The van der Waals surface area contributed by atoms with Crippen molar-refractivity contribution < 1.29 is 23.9 Å². The van der Waals surface area contributed by atoms with Gasteiger partial charge in [0, 0.05) is 11.3 Å². The number of methoxy groups -OCH3 is 1. The number of ether oxygens (including phenoxy) is 2. The van der Waals surface area contributed by atoms with Crippen LogP contribution in [-0.4, -0.2) is 35.7 Å². The molecule has 132 valence electrons. The second-order valence-corrected chi connectivity index (χ2v) is 5.82. The molecule has 0 amide bonds. The normalized spacial score (nSPS) is 11.7. The van der Waals surface area contributed by atoms with E-state index in [9.17, 15) is 14.4 Å². The smallest absolute Gasteiger partial charge is 0.338 e. The van der Waals surface area contributed by atoms with E-state index in [-0.39, 0.29) is 17.3 Å². The number of carbonyl (C=O) groups excluding carboxylic acids is 3. The molecule has 0 radical (unpaired) electrons. The van der Waals surface area contributed by atoms with Gasteiger partial charge in [0.05, 0.1) is 18.4 Å². The molecule has 0 aliphatic carbocycles. The second kappa shape index (κ2) is 7.34. The molecule has 6 nitrogen and oxygen atoms in total. The van der Waals surface area contributed by atoms with Gasteiger partial charge in [0.15, 0.2) is 11.9 Å². The number of esters is 1. The van der Waals surface area contributed by atoms with Crippen LogP contribution in [0.3, 0.4) is 0 Å². The first kappa shape index (κ1) is 18.4. The van der Waals surface area contributed by atoms with Crippen molar-refractivity contribution in [2.75, 3.05) is 7.11 Å². The van der Waals surface area contributed by atoms with Crippen molar-refractivity contribution in [1.82, 2.24) is 4.98 Å². The van der Waals surface area contributed by atoms with Gasteiger partial charge < -0.3 is 14.5 Å². The summed E-state index contributed by atoms with van der Waals surface area (Å²) in [6.07, 6.45) is -0.980. The summed E-state index contributed by atoms with van der Waals surface area (Å²) < 4.78 is 10.3. The Bertz CT molecular complexity index is 817. The van der Waals surface area contributed by atoms with Crippen LogP contribution in [-0.2, 0) is 4.74 Å². The molecule has 1 N–H and O–H groups in total. The Hall–Kier alpha value is -2.89. The number of aryl methyl sites for hydroxylation is 1. The predicted octanol–water partition coefficient (Wildman–Crippen LogP) is 3.27. The summed E-state index contributed by atoms with van der Waals surface area (Å²) in [5, 5.41) is 0. The number of aromatic amines is 1. The number of aromatic nitrogens is 1. The highest BCUT2D eigenvalue weighted by Gasteiger charge is 2.26. The molecule has 2 rings (SSSR count). The molecule has 0 unspecified atom stereocenters. The second-order valence-electron chi connectivity index (χ2n) is 5.82. The van der Waals surface area contributed by atoms with Crippen molar-refractivity contribution >= 4 is 17.5 Å². The first-order chi connectivity index (χ1) is 11.8. The molecular formula is C19H21NO5. The van der Waals surface area contributed by atoms with Crippen molar-refractivity contribution in [1.29, 1.82) is 0 Å². The maximum Gasteiger partial charge on any atom is 0.338 e. The minimum atomic E-state index is -0.980. The van der Waals surface area contributed by atoms with E-state index < -0.39 is 12.1 Å². The summed E-state index contributed by atoms with van der Waals surface area (Å²) >= 11 is 0. The Labute approximate surface area is 146 Å². The van der Waals surface area contributed by atoms with E-state index in [1.165, 1.54) is 21.0 Å². The van der Waals surface area contributed by atoms with Gasteiger partial charge in [-0.3, -0.25) is 9.59 Å². The fourth-order valence-electron chi connectivity index (χ4n) is 2.74. The quantitative estimate of drug-likeness (QED) is 0.643. The zero-order chi connectivity index (χ0) is 18.7. The summed E-state index contributed by atoms with van der Waals surface area (Å²) in [4.78, 5) is 39.4. The van der Waals surface area contributed by atoms with Gasteiger partial charge in [-0.2, -0.15) is 0 Å². The van der Waals surface area contributed by atoms with Crippen LogP contribution in [0.1, 0.15) is 56.3 Å². The van der Waals surface area contributed by atoms with Crippen LogP contribution in [0.2, 0.25) is 0 Å². The standard InChI is InChI=1S/C19H21NO5/c1-10-16(12(3)21)11(2)20-17(10)18(22)13(4)25-19(23)14-6-8-15(24-5)9-7-14/h6-9,13,20H,1-5H3/t13-/m0/s1. The van der Waals surface area contributed by atoms with E-state index in [0.717, 1.165) is 0 Å². The van der Waals surface area contributed by atoms with E-state index >= 15 is 0 Å². The summed E-state index contributed by atoms with van der Waals surface area (Å²) in [5.74, 6) is -0.478. The molecule has 1 aromatic heterocycles. The maximum absolute atomic E-state index is 12.6. The number of hydrogen-bond donors (Lipinski definition) is 1. The van der Waals surface area contributed by atoms with Crippen LogP contribution in [0.15, 0.2) is 24.3 Å². The first-order valence-corrected chi connectivity index (χ1v) is 7.85. The fraction of sp³-hybridized carbons (Fsp3) is 0.316. The molecular weight excluding hydrogens is 322 g/mol. The number of hydrogen-bond acceptors (Lipinski definition) is 5.